The quantitative estimate of drug-likeness (QED) is 0.425. The first-order valence-electron chi connectivity index (χ1n) is 10.6. The van der Waals surface area contributed by atoms with Crippen molar-refractivity contribution in [2.75, 3.05) is 31.5 Å². The first-order chi connectivity index (χ1) is 15.1. The maximum absolute atomic E-state index is 9.80. The van der Waals surface area contributed by atoms with Crippen molar-refractivity contribution in [1.82, 2.24) is 15.0 Å². The van der Waals surface area contributed by atoms with Crippen LogP contribution >= 0.6 is 0 Å². The van der Waals surface area contributed by atoms with Crippen LogP contribution in [0.25, 0.3) is 11.0 Å². The molecule has 2 aromatic heterocycles. The molecule has 3 N–H and O–H groups in total. The summed E-state index contributed by atoms with van der Waals surface area (Å²) < 4.78 is 10.7. The van der Waals surface area contributed by atoms with Gasteiger partial charge in [-0.3, -0.25) is 0 Å². The molecule has 0 bridgehead atoms. The van der Waals surface area contributed by atoms with Crippen LogP contribution in [0.5, 0.6) is 11.5 Å². The van der Waals surface area contributed by atoms with Crippen LogP contribution in [0.4, 0.5) is 11.8 Å². The molecule has 1 atom stereocenters. The van der Waals surface area contributed by atoms with Gasteiger partial charge in [0.2, 0.25) is 5.95 Å². The minimum absolute atomic E-state index is 0.0309. The Morgan fingerprint density at radius 1 is 1.06 bits per heavy atom. The predicted octanol–water partition coefficient (Wildman–Crippen LogP) is 3.93. The summed E-state index contributed by atoms with van der Waals surface area (Å²) in [6.45, 7) is 4.58. The van der Waals surface area contributed by atoms with Crippen molar-refractivity contribution in [3.05, 3.63) is 41.6 Å². The van der Waals surface area contributed by atoms with Gasteiger partial charge in [0.25, 0.3) is 0 Å². The number of anilines is 2. The molecular weight excluding hydrogens is 394 g/mol. The number of nitrogens with one attached hydrogen (secondary N) is 2. The van der Waals surface area contributed by atoms with Crippen LogP contribution in [0.2, 0.25) is 0 Å². The number of hydrogen-bond donors (Lipinski definition) is 3. The van der Waals surface area contributed by atoms with Crippen molar-refractivity contribution in [3.8, 4) is 11.5 Å². The summed E-state index contributed by atoms with van der Waals surface area (Å²) in [5, 5.41) is 16.4. The SMILES string of the molecule is CCCC[C@H](CO)Nc1nc(NCc2ccc(OC)cc2OC)nc2ccc(C)nc12. The van der Waals surface area contributed by atoms with E-state index in [1.165, 1.54) is 0 Å². The Morgan fingerprint density at radius 2 is 1.90 bits per heavy atom. The van der Waals surface area contributed by atoms with Gasteiger partial charge in [-0.05, 0) is 37.6 Å². The van der Waals surface area contributed by atoms with Crippen LogP contribution in [0.1, 0.15) is 37.4 Å². The van der Waals surface area contributed by atoms with E-state index in [1.54, 1.807) is 14.2 Å². The lowest BCUT2D eigenvalue weighted by atomic mass is 10.1. The van der Waals surface area contributed by atoms with Gasteiger partial charge in [0.05, 0.1) is 32.4 Å². The normalized spacial score (nSPS) is 11.9. The third kappa shape index (κ3) is 5.73. The first-order valence-corrected chi connectivity index (χ1v) is 10.6. The molecule has 166 valence electrons. The average molecular weight is 426 g/mol. The fourth-order valence-electron chi connectivity index (χ4n) is 3.32. The van der Waals surface area contributed by atoms with Gasteiger partial charge < -0.3 is 25.2 Å². The molecule has 0 aliphatic heterocycles. The minimum Gasteiger partial charge on any atom is -0.497 e. The smallest absolute Gasteiger partial charge is 0.225 e. The minimum atomic E-state index is -0.0881. The maximum Gasteiger partial charge on any atom is 0.225 e. The highest BCUT2D eigenvalue weighted by Gasteiger charge is 2.15. The molecule has 0 aliphatic rings. The van der Waals surface area contributed by atoms with Gasteiger partial charge >= 0.3 is 0 Å². The molecule has 0 fully saturated rings. The number of rotatable bonds is 11. The van der Waals surface area contributed by atoms with Crippen molar-refractivity contribution in [1.29, 1.82) is 0 Å². The number of benzene rings is 1. The zero-order chi connectivity index (χ0) is 22.2. The van der Waals surface area contributed by atoms with Gasteiger partial charge in [0.1, 0.15) is 17.0 Å². The molecule has 3 aromatic rings. The Balaban J connectivity index is 1.88. The number of methoxy groups -OCH3 is 2. The second-order valence-electron chi connectivity index (χ2n) is 7.41. The van der Waals surface area contributed by atoms with E-state index in [0.29, 0.717) is 23.8 Å². The summed E-state index contributed by atoms with van der Waals surface area (Å²) in [6, 6.07) is 9.45. The van der Waals surface area contributed by atoms with Crippen LogP contribution in [0.15, 0.2) is 30.3 Å². The molecule has 0 aliphatic carbocycles. The van der Waals surface area contributed by atoms with E-state index < -0.39 is 0 Å². The third-order valence-corrected chi connectivity index (χ3v) is 5.08. The molecule has 3 rings (SSSR count). The molecule has 8 nitrogen and oxygen atoms in total. The summed E-state index contributed by atoms with van der Waals surface area (Å²) in [5.41, 5.74) is 3.28. The fraction of sp³-hybridized carbons (Fsp3) is 0.435. The van der Waals surface area contributed by atoms with Crippen molar-refractivity contribution in [3.63, 3.8) is 0 Å². The molecule has 2 heterocycles. The van der Waals surface area contributed by atoms with Gasteiger partial charge in [0, 0.05) is 23.9 Å². The van der Waals surface area contributed by atoms with Crippen molar-refractivity contribution in [2.24, 2.45) is 0 Å². The van der Waals surface area contributed by atoms with Crippen molar-refractivity contribution in [2.45, 2.75) is 45.7 Å². The van der Waals surface area contributed by atoms with E-state index in [2.05, 4.69) is 32.5 Å². The van der Waals surface area contributed by atoms with E-state index in [0.717, 1.165) is 47.5 Å². The average Bonchev–Trinajstić information content (AvgIpc) is 2.80. The zero-order valence-electron chi connectivity index (χ0n) is 18.6. The Morgan fingerprint density at radius 3 is 2.61 bits per heavy atom. The van der Waals surface area contributed by atoms with E-state index in [4.69, 9.17) is 9.47 Å². The number of fused-ring (bicyclic) bond motifs is 1. The monoisotopic (exact) mass is 425 g/mol. The summed E-state index contributed by atoms with van der Waals surface area (Å²) in [5.74, 6) is 2.56. The second kappa shape index (κ2) is 10.8. The van der Waals surface area contributed by atoms with Gasteiger partial charge in [-0.25, -0.2) is 9.97 Å². The lowest BCUT2D eigenvalue weighted by Gasteiger charge is -2.18. The van der Waals surface area contributed by atoms with E-state index in [1.807, 2.05) is 37.3 Å². The van der Waals surface area contributed by atoms with Crippen LogP contribution in [-0.4, -0.2) is 46.9 Å². The summed E-state index contributed by atoms with van der Waals surface area (Å²) in [6.07, 6.45) is 2.95. The molecular formula is C23H31N5O3. The number of pyridine rings is 1. The Hall–Kier alpha value is -3.13. The standard InChI is InChI=1S/C23H31N5O3/c1-5-6-7-17(14-29)26-22-21-19(11-8-15(2)25-21)27-23(28-22)24-13-16-9-10-18(30-3)12-20(16)31-4/h8-12,17,29H,5-7,13-14H2,1-4H3,(H2,24,26,27,28)/t17-/m1/s1. The number of hydrogen-bond acceptors (Lipinski definition) is 8. The molecule has 0 amide bonds. The molecule has 0 spiro atoms. The van der Waals surface area contributed by atoms with E-state index in [-0.39, 0.29) is 12.6 Å². The second-order valence-corrected chi connectivity index (χ2v) is 7.41. The molecule has 0 radical (unpaired) electrons. The Labute approximate surface area is 183 Å². The zero-order valence-corrected chi connectivity index (χ0v) is 18.6. The number of aliphatic hydroxyl groups excluding tert-OH is 1. The molecule has 0 unspecified atom stereocenters. The molecule has 31 heavy (non-hydrogen) atoms. The first kappa shape index (κ1) is 22.6. The van der Waals surface area contributed by atoms with Gasteiger partial charge in [-0.2, -0.15) is 4.98 Å². The summed E-state index contributed by atoms with van der Waals surface area (Å²) >= 11 is 0. The van der Waals surface area contributed by atoms with Gasteiger partial charge in [0.15, 0.2) is 5.82 Å². The molecule has 0 saturated carbocycles. The number of nitrogens with zero attached hydrogens (tertiary/aromatic N) is 3. The molecule has 1 aromatic carbocycles. The lowest BCUT2D eigenvalue weighted by Crippen LogP contribution is -2.25. The highest BCUT2D eigenvalue weighted by atomic mass is 16.5. The van der Waals surface area contributed by atoms with E-state index >= 15 is 0 Å². The fourth-order valence-corrected chi connectivity index (χ4v) is 3.32. The topological polar surface area (TPSA) is 101 Å². The highest BCUT2D eigenvalue weighted by molar-refractivity contribution is 5.86. The summed E-state index contributed by atoms with van der Waals surface area (Å²) in [4.78, 5) is 13.9. The third-order valence-electron chi connectivity index (χ3n) is 5.08. The largest absolute Gasteiger partial charge is 0.497 e. The number of aromatic nitrogens is 3. The van der Waals surface area contributed by atoms with Crippen LogP contribution in [-0.2, 0) is 6.54 Å². The molecule has 0 saturated heterocycles. The van der Waals surface area contributed by atoms with Crippen LogP contribution in [0, 0.1) is 6.92 Å². The number of aliphatic hydroxyl groups is 1. The maximum atomic E-state index is 9.80. The number of unbranched alkanes of at least 4 members (excludes halogenated alkanes) is 1. The van der Waals surface area contributed by atoms with Crippen molar-refractivity contribution < 1.29 is 14.6 Å². The number of ether oxygens (including phenoxy) is 2. The summed E-state index contributed by atoms with van der Waals surface area (Å²) in [7, 11) is 3.26. The predicted molar refractivity (Wildman–Crippen MR) is 123 cm³/mol. The Kier molecular flexibility index (Phi) is 7.83. The highest BCUT2D eigenvalue weighted by Crippen LogP contribution is 2.26. The van der Waals surface area contributed by atoms with Crippen molar-refractivity contribution >= 4 is 22.8 Å². The van der Waals surface area contributed by atoms with Crippen LogP contribution in [0.3, 0.4) is 0 Å². The molecule has 8 heteroatoms. The van der Waals surface area contributed by atoms with E-state index in [9.17, 15) is 5.11 Å². The van der Waals surface area contributed by atoms with Gasteiger partial charge in [-0.15, -0.1) is 0 Å². The Bertz CT molecular complexity index is 1010. The van der Waals surface area contributed by atoms with Crippen LogP contribution < -0.4 is 20.1 Å². The van der Waals surface area contributed by atoms with Gasteiger partial charge in [-0.1, -0.05) is 19.8 Å². The lowest BCUT2D eigenvalue weighted by molar-refractivity contribution is 0.267. The number of aryl methyl sites for hydroxylation is 1.